The largest absolute Gasteiger partial charge is 0.322 e. The van der Waals surface area contributed by atoms with Crippen molar-refractivity contribution in [3.8, 4) is 0 Å². The minimum Gasteiger partial charge on any atom is -0.322 e. The second kappa shape index (κ2) is 4.93. The van der Waals surface area contributed by atoms with Gasteiger partial charge >= 0.3 is 0 Å². The molecule has 0 bridgehead atoms. The van der Waals surface area contributed by atoms with Gasteiger partial charge in [-0.3, -0.25) is 14.9 Å². The molecule has 1 aliphatic rings. The molecule has 0 radical (unpaired) electrons. The summed E-state index contributed by atoms with van der Waals surface area (Å²) in [6, 6.07) is 3.15. The number of carbonyl (C=O) groups is 1. The van der Waals surface area contributed by atoms with Gasteiger partial charge in [0, 0.05) is 6.07 Å². The van der Waals surface area contributed by atoms with Crippen LogP contribution in [0.15, 0.2) is 18.2 Å². The first kappa shape index (κ1) is 13.4. The molecule has 2 N–H and O–H groups in total. The fourth-order valence-corrected chi connectivity index (χ4v) is 2.07. The van der Waals surface area contributed by atoms with Crippen LogP contribution in [-0.4, -0.2) is 22.9 Å². The Morgan fingerprint density at radius 3 is 2.84 bits per heavy atom. The average molecular weight is 267 g/mol. The maximum Gasteiger partial charge on any atom is 0.272 e. The highest BCUT2D eigenvalue weighted by Gasteiger charge is 2.36. The van der Waals surface area contributed by atoms with Gasteiger partial charge < -0.3 is 10.6 Å². The molecule has 1 fully saturated rings. The van der Waals surface area contributed by atoms with E-state index in [2.05, 4.69) is 10.6 Å². The van der Waals surface area contributed by atoms with Crippen LogP contribution in [0.2, 0.25) is 0 Å². The molecular weight excluding hydrogens is 253 g/mol. The number of hydrogen-bond acceptors (Lipinski definition) is 4. The van der Waals surface area contributed by atoms with Crippen LogP contribution in [0.5, 0.6) is 0 Å². The number of nitro groups is 1. The van der Waals surface area contributed by atoms with Gasteiger partial charge in [0.15, 0.2) is 5.82 Å². The summed E-state index contributed by atoms with van der Waals surface area (Å²) >= 11 is 0. The fraction of sp³-hybridized carbons (Fsp3) is 0.417. The summed E-state index contributed by atoms with van der Waals surface area (Å²) in [5.74, 6) is -1.15. The number of nitrogens with one attached hydrogen (secondary N) is 2. The molecule has 6 nitrogen and oxygen atoms in total. The molecule has 19 heavy (non-hydrogen) atoms. The zero-order chi connectivity index (χ0) is 14.0. The summed E-state index contributed by atoms with van der Waals surface area (Å²) in [6.07, 6.45) is 1.56. The van der Waals surface area contributed by atoms with Crippen molar-refractivity contribution in [2.75, 3.05) is 11.9 Å². The van der Waals surface area contributed by atoms with Crippen molar-refractivity contribution in [3.05, 3.63) is 34.1 Å². The summed E-state index contributed by atoms with van der Waals surface area (Å²) in [5, 5.41) is 16.0. The summed E-state index contributed by atoms with van der Waals surface area (Å²) < 4.78 is 13.6. The fourth-order valence-electron chi connectivity index (χ4n) is 2.07. The molecule has 1 saturated heterocycles. The van der Waals surface area contributed by atoms with Crippen molar-refractivity contribution in [2.24, 2.45) is 0 Å². The van der Waals surface area contributed by atoms with Crippen molar-refractivity contribution >= 4 is 17.3 Å². The van der Waals surface area contributed by atoms with Crippen LogP contribution in [0.25, 0.3) is 0 Å². The third-order valence-electron chi connectivity index (χ3n) is 3.28. The Hall–Kier alpha value is -2.02. The molecule has 2 rings (SSSR count). The van der Waals surface area contributed by atoms with E-state index < -0.39 is 16.3 Å². The van der Waals surface area contributed by atoms with E-state index in [0.29, 0.717) is 6.42 Å². The lowest BCUT2D eigenvalue weighted by molar-refractivity contribution is -0.385. The Bertz CT molecular complexity index is 527. The van der Waals surface area contributed by atoms with Crippen molar-refractivity contribution in [1.82, 2.24) is 5.32 Å². The van der Waals surface area contributed by atoms with Crippen molar-refractivity contribution < 1.29 is 14.1 Å². The second-order valence-corrected chi connectivity index (χ2v) is 4.74. The number of nitro benzene ring substituents is 1. The van der Waals surface area contributed by atoms with E-state index in [1.165, 1.54) is 6.07 Å². The minimum absolute atomic E-state index is 0.0504. The van der Waals surface area contributed by atoms with Crippen molar-refractivity contribution in [2.45, 2.75) is 25.3 Å². The topological polar surface area (TPSA) is 84.3 Å². The van der Waals surface area contributed by atoms with E-state index in [0.717, 1.165) is 25.1 Å². The third-order valence-corrected chi connectivity index (χ3v) is 3.28. The van der Waals surface area contributed by atoms with Crippen molar-refractivity contribution in [1.29, 1.82) is 0 Å². The van der Waals surface area contributed by atoms with E-state index in [9.17, 15) is 19.3 Å². The van der Waals surface area contributed by atoms with E-state index >= 15 is 0 Å². The normalized spacial score (nSPS) is 22.2. The molecule has 1 aromatic rings. The number of nitrogens with zero attached hydrogens (tertiary/aromatic N) is 1. The molecular formula is C12H14FN3O3. The van der Waals surface area contributed by atoms with Gasteiger partial charge in [-0.2, -0.15) is 0 Å². The van der Waals surface area contributed by atoms with Gasteiger partial charge in [0.2, 0.25) is 5.91 Å². The van der Waals surface area contributed by atoms with Gasteiger partial charge in [-0.15, -0.1) is 0 Å². The van der Waals surface area contributed by atoms with Crippen LogP contribution in [0, 0.1) is 15.9 Å². The lowest BCUT2D eigenvalue weighted by atomic mass is 9.99. The lowest BCUT2D eigenvalue weighted by Gasteiger charge is -2.23. The number of anilines is 1. The Labute approximate surface area is 109 Å². The maximum absolute atomic E-state index is 13.6. The first-order chi connectivity index (χ1) is 8.92. The van der Waals surface area contributed by atoms with E-state index in [1.54, 1.807) is 6.92 Å². The zero-order valence-electron chi connectivity index (χ0n) is 10.4. The molecule has 7 heteroatoms. The lowest BCUT2D eigenvalue weighted by Crippen LogP contribution is -2.48. The molecule has 0 saturated carbocycles. The maximum atomic E-state index is 13.6. The highest BCUT2D eigenvalue weighted by atomic mass is 19.1. The number of non-ortho nitro benzene ring substituents is 1. The molecule has 1 amide bonds. The zero-order valence-corrected chi connectivity index (χ0v) is 10.4. The highest BCUT2D eigenvalue weighted by molar-refractivity contribution is 5.98. The summed E-state index contributed by atoms with van der Waals surface area (Å²) in [6.45, 7) is 2.49. The Kier molecular flexibility index (Phi) is 3.48. The third kappa shape index (κ3) is 2.70. The number of carbonyl (C=O) groups excluding carboxylic acids is 1. The number of benzene rings is 1. The summed E-state index contributed by atoms with van der Waals surface area (Å²) in [4.78, 5) is 21.8. The first-order valence-electron chi connectivity index (χ1n) is 5.93. The number of halogens is 1. The van der Waals surface area contributed by atoms with Crippen LogP contribution < -0.4 is 10.6 Å². The molecule has 1 aromatic carbocycles. The summed E-state index contributed by atoms with van der Waals surface area (Å²) in [7, 11) is 0. The Balaban J connectivity index is 2.15. The van der Waals surface area contributed by atoms with Crippen LogP contribution in [-0.2, 0) is 4.79 Å². The predicted molar refractivity (Wildman–Crippen MR) is 67.3 cm³/mol. The minimum atomic E-state index is -0.816. The molecule has 1 heterocycles. The van der Waals surface area contributed by atoms with Gasteiger partial charge in [0.1, 0.15) is 0 Å². The second-order valence-electron chi connectivity index (χ2n) is 4.74. The number of amides is 1. The van der Waals surface area contributed by atoms with Crippen LogP contribution in [0.1, 0.15) is 19.8 Å². The van der Waals surface area contributed by atoms with Crippen LogP contribution in [0.3, 0.4) is 0 Å². The first-order valence-corrected chi connectivity index (χ1v) is 5.93. The number of rotatable bonds is 3. The van der Waals surface area contributed by atoms with Gasteiger partial charge in [-0.1, -0.05) is 0 Å². The standard InChI is InChI=1S/C12H14FN3O3/c1-12(5-2-6-14-12)11(17)15-10-4-3-8(16(18)19)7-9(10)13/h3-4,7,14H,2,5-6H2,1H3,(H,15,17). The highest BCUT2D eigenvalue weighted by Crippen LogP contribution is 2.24. The van der Waals surface area contributed by atoms with Gasteiger partial charge in [-0.25, -0.2) is 4.39 Å². The van der Waals surface area contributed by atoms with E-state index in [1.807, 2.05) is 0 Å². The van der Waals surface area contributed by atoms with Gasteiger partial charge in [-0.05, 0) is 32.4 Å². The molecule has 1 aliphatic heterocycles. The van der Waals surface area contributed by atoms with E-state index in [4.69, 9.17) is 0 Å². The van der Waals surface area contributed by atoms with Crippen molar-refractivity contribution in [3.63, 3.8) is 0 Å². The molecule has 1 atom stereocenters. The predicted octanol–water partition coefficient (Wildman–Crippen LogP) is 1.81. The smallest absolute Gasteiger partial charge is 0.272 e. The van der Waals surface area contributed by atoms with Crippen LogP contribution in [0.4, 0.5) is 15.8 Å². The number of hydrogen-bond donors (Lipinski definition) is 2. The Morgan fingerprint density at radius 2 is 2.32 bits per heavy atom. The molecule has 102 valence electrons. The Morgan fingerprint density at radius 1 is 1.58 bits per heavy atom. The SMILES string of the molecule is CC1(C(=O)Nc2ccc([N+](=O)[O-])cc2F)CCCN1. The quantitative estimate of drug-likeness (QED) is 0.646. The molecule has 0 spiro atoms. The van der Waals surface area contributed by atoms with Gasteiger partial charge in [0.05, 0.1) is 22.2 Å². The monoisotopic (exact) mass is 267 g/mol. The van der Waals surface area contributed by atoms with Gasteiger partial charge in [0.25, 0.3) is 5.69 Å². The van der Waals surface area contributed by atoms with E-state index in [-0.39, 0.29) is 17.3 Å². The van der Waals surface area contributed by atoms with Crippen LogP contribution >= 0.6 is 0 Å². The average Bonchev–Trinajstić information content (AvgIpc) is 2.80. The molecule has 0 aromatic heterocycles. The molecule has 0 aliphatic carbocycles. The molecule has 1 unspecified atom stereocenters. The summed E-state index contributed by atoms with van der Waals surface area (Å²) in [5.41, 5.74) is -1.11.